The molecule has 0 radical (unpaired) electrons. The van der Waals surface area contributed by atoms with Gasteiger partial charge in [0.1, 0.15) is 12.6 Å². The maximum Gasteiger partial charge on any atom is 0.323 e. The van der Waals surface area contributed by atoms with Gasteiger partial charge < -0.3 is 19.9 Å². The van der Waals surface area contributed by atoms with Crippen LogP contribution in [0.15, 0.2) is 42.5 Å². The molecule has 0 unspecified atom stereocenters. The zero-order chi connectivity index (χ0) is 16.2. The number of aromatic hydroxyl groups is 1. The molecule has 0 aliphatic carbocycles. The highest BCUT2D eigenvalue weighted by atomic mass is 16.5. The first-order valence-electron chi connectivity index (χ1n) is 7.50. The molecule has 5 nitrogen and oxygen atoms in total. The lowest BCUT2D eigenvalue weighted by atomic mass is 9.94. The molecule has 0 aromatic heterocycles. The van der Waals surface area contributed by atoms with Crippen LogP contribution in [0.5, 0.6) is 11.5 Å². The first-order valence-corrected chi connectivity index (χ1v) is 7.50. The molecule has 0 bridgehead atoms. The Balaban J connectivity index is 1.84. The smallest absolute Gasteiger partial charge is 0.323 e. The van der Waals surface area contributed by atoms with E-state index in [1.807, 2.05) is 36.4 Å². The molecule has 23 heavy (non-hydrogen) atoms. The summed E-state index contributed by atoms with van der Waals surface area (Å²) in [5.41, 5.74) is 2.89. The summed E-state index contributed by atoms with van der Waals surface area (Å²) < 4.78 is 10.7. The summed E-state index contributed by atoms with van der Waals surface area (Å²) in [6.45, 7) is 0.901. The van der Waals surface area contributed by atoms with Gasteiger partial charge >= 0.3 is 5.97 Å². The van der Waals surface area contributed by atoms with Gasteiger partial charge in [0.25, 0.3) is 0 Å². The van der Waals surface area contributed by atoms with E-state index in [2.05, 4.69) is 5.32 Å². The average molecular weight is 313 g/mol. The third-order valence-electron chi connectivity index (χ3n) is 4.00. The van der Waals surface area contributed by atoms with Crippen LogP contribution < -0.4 is 10.1 Å². The molecular weight excluding hydrogens is 294 g/mol. The molecule has 1 atom stereocenters. The lowest BCUT2D eigenvalue weighted by Gasteiger charge is -2.26. The topological polar surface area (TPSA) is 67.8 Å². The lowest BCUT2D eigenvalue weighted by molar-refractivity contribution is -0.143. The number of esters is 1. The zero-order valence-electron chi connectivity index (χ0n) is 12.9. The van der Waals surface area contributed by atoms with Crippen LogP contribution in [-0.4, -0.2) is 24.2 Å². The number of hydrogen-bond donors (Lipinski definition) is 2. The molecule has 2 aromatic carbocycles. The summed E-state index contributed by atoms with van der Waals surface area (Å²) in [4.78, 5) is 11.8. The fourth-order valence-electron chi connectivity index (χ4n) is 2.75. The predicted molar refractivity (Wildman–Crippen MR) is 85.2 cm³/mol. The van der Waals surface area contributed by atoms with Crippen LogP contribution in [0.25, 0.3) is 0 Å². The molecule has 1 heterocycles. The van der Waals surface area contributed by atoms with Crippen molar-refractivity contribution in [2.24, 2.45) is 0 Å². The van der Waals surface area contributed by atoms with E-state index in [0.29, 0.717) is 25.3 Å². The minimum absolute atomic E-state index is 0.0881. The Bertz CT molecular complexity index is 700. The van der Waals surface area contributed by atoms with E-state index < -0.39 is 6.04 Å². The molecule has 0 saturated carbocycles. The van der Waals surface area contributed by atoms with E-state index in [0.717, 1.165) is 16.7 Å². The monoisotopic (exact) mass is 313 g/mol. The van der Waals surface area contributed by atoms with Crippen LogP contribution in [0.4, 0.5) is 0 Å². The number of fused-ring (bicyclic) bond motifs is 1. The molecule has 5 heteroatoms. The summed E-state index contributed by atoms with van der Waals surface area (Å²) in [7, 11) is 1.37. The van der Waals surface area contributed by atoms with E-state index in [4.69, 9.17) is 9.47 Å². The van der Waals surface area contributed by atoms with Gasteiger partial charge in [-0.15, -0.1) is 0 Å². The van der Waals surface area contributed by atoms with Crippen molar-refractivity contribution in [1.82, 2.24) is 5.32 Å². The molecule has 2 aromatic rings. The number of carbonyl (C=O) groups is 1. The summed E-state index contributed by atoms with van der Waals surface area (Å²) in [6.07, 6.45) is 0.431. The van der Waals surface area contributed by atoms with Crippen LogP contribution in [0.1, 0.15) is 16.7 Å². The normalized spacial score (nSPS) is 16.5. The Kier molecular flexibility index (Phi) is 4.48. The highest BCUT2D eigenvalue weighted by Crippen LogP contribution is 2.36. The third kappa shape index (κ3) is 3.29. The van der Waals surface area contributed by atoms with E-state index in [-0.39, 0.29) is 11.7 Å². The largest absolute Gasteiger partial charge is 0.504 e. The van der Waals surface area contributed by atoms with Crippen LogP contribution in [0.3, 0.4) is 0 Å². The first kappa shape index (κ1) is 15.4. The summed E-state index contributed by atoms with van der Waals surface area (Å²) >= 11 is 0. The molecule has 1 aliphatic rings. The number of phenolic OH excluding ortho intramolecular Hbond substituents is 1. The molecule has 0 fully saturated rings. The van der Waals surface area contributed by atoms with E-state index >= 15 is 0 Å². The maximum absolute atomic E-state index is 11.8. The second kappa shape index (κ2) is 6.71. The van der Waals surface area contributed by atoms with Crippen LogP contribution in [0, 0.1) is 0 Å². The number of rotatable bonds is 4. The highest BCUT2D eigenvalue weighted by molar-refractivity contribution is 5.77. The average Bonchev–Trinajstić information content (AvgIpc) is 2.60. The molecule has 120 valence electrons. The molecule has 1 aliphatic heterocycles. The van der Waals surface area contributed by atoms with Gasteiger partial charge in [0.05, 0.1) is 7.11 Å². The quantitative estimate of drug-likeness (QED) is 0.847. The van der Waals surface area contributed by atoms with E-state index in [9.17, 15) is 9.90 Å². The van der Waals surface area contributed by atoms with Crippen LogP contribution in [0.2, 0.25) is 0 Å². The van der Waals surface area contributed by atoms with Gasteiger partial charge in [0.2, 0.25) is 0 Å². The van der Waals surface area contributed by atoms with Crippen molar-refractivity contribution in [3.63, 3.8) is 0 Å². The number of methoxy groups -OCH3 is 1. The van der Waals surface area contributed by atoms with Crippen molar-refractivity contribution in [2.75, 3.05) is 7.11 Å². The Morgan fingerprint density at radius 3 is 2.78 bits per heavy atom. The van der Waals surface area contributed by atoms with Crippen LogP contribution >= 0.6 is 0 Å². The molecule has 0 spiro atoms. The van der Waals surface area contributed by atoms with Crippen LogP contribution in [-0.2, 0) is 29.1 Å². The molecule has 3 rings (SSSR count). The number of carbonyl (C=O) groups excluding carboxylic acids is 1. The van der Waals surface area contributed by atoms with Gasteiger partial charge in [0.15, 0.2) is 11.5 Å². The Hall–Kier alpha value is -2.53. The molecule has 0 saturated heterocycles. The number of ether oxygens (including phenoxy) is 2. The lowest BCUT2D eigenvalue weighted by Crippen LogP contribution is -2.42. The van der Waals surface area contributed by atoms with Gasteiger partial charge in [-0.3, -0.25) is 4.79 Å². The van der Waals surface area contributed by atoms with Crippen molar-refractivity contribution in [3.8, 4) is 11.5 Å². The SMILES string of the molecule is COC(=O)[C@@H]1Cc2c(ccc(O)c2OCc2ccccc2)CN1. The molecule has 0 amide bonds. The number of phenols is 1. The summed E-state index contributed by atoms with van der Waals surface area (Å²) in [5.74, 6) is 0.222. The Morgan fingerprint density at radius 1 is 1.26 bits per heavy atom. The van der Waals surface area contributed by atoms with Crippen molar-refractivity contribution in [2.45, 2.75) is 25.6 Å². The van der Waals surface area contributed by atoms with Crippen molar-refractivity contribution in [3.05, 3.63) is 59.2 Å². The predicted octanol–water partition coefficient (Wildman–Crippen LogP) is 2.16. The van der Waals surface area contributed by atoms with Crippen molar-refractivity contribution in [1.29, 1.82) is 0 Å². The van der Waals surface area contributed by atoms with Gasteiger partial charge in [-0.25, -0.2) is 0 Å². The standard InChI is InChI=1S/C18H19NO4/c1-22-18(21)15-9-14-13(10-19-15)7-8-16(20)17(14)23-11-12-5-3-2-4-6-12/h2-8,15,19-20H,9-11H2,1H3/t15-/m0/s1. The van der Waals surface area contributed by atoms with Gasteiger partial charge in [0, 0.05) is 18.5 Å². The minimum Gasteiger partial charge on any atom is -0.504 e. The zero-order valence-corrected chi connectivity index (χ0v) is 12.9. The molecule has 2 N–H and O–H groups in total. The van der Waals surface area contributed by atoms with Gasteiger partial charge in [-0.05, 0) is 17.2 Å². The Morgan fingerprint density at radius 2 is 2.04 bits per heavy atom. The van der Waals surface area contributed by atoms with Crippen molar-refractivity contribution < 1.29 is 19.4 Å². The van der Waals surface area contributed by atoms with Gasteiger partial charge in [-0.2, -0.15) is 0 Å². The van der Waals surface area contributed by atoms with E-state index in [1.165, 1.54) is 7.11 Å². The number of benzene rings is 2. The first-order chi connectivity index (χ1) is 11.2. The summed E-state index contributed by atoms with van der Waals surface area (Å²) in [5, 5.41) is 13.3. The minimum atomic E-state index is -0.423. The fourth-order valence-corrected chi connectivity index (χ4v) is 2.75. The fraction of sp³-hybridized carbons (Fsp3) is 0.278. The number of hydrogen-bond acceptors (Lipinski definition) is 5. The van der Waals surface area contributed by atoms with E-state index in [1.54, 1.807) is 6.07 Å². The Labute approximate surface area is 134 Å². The second-order valence-corrected chi connectivity index (χ2v) is 5.49. The van der Waals surface area contributed by atoms with Crippen molar-refractivity contribution >= 4 is 5.97 Å². The summed E-state index contributed by atoms with van der Waals surface area (Å²) in [6, 6.07) is 12.8. The number of nitrogens with one attached hydrogen (secondary N) is 1. The highest BCUT2D eigenvalue weighted by Gasteiger charge is 2.28. The third-order valence-corrected chi connectivity index (χ3v) is 4.00. The second-order valence-electron chi connectivity index (χ2n) is 5.49. The maximum atomic E-state index is 11.8. The molecular formula is C18H19NO4. The van der Waals surface area contributed by atoms with Gasteiger partial charge in [-0.1, -0.05) is 36.4 Å².